The quantitative estimate of drug-likeness (QED) is 0.476. The zero-order chi connectivity index (χ0) is 21.1. The summed E-state index contributed by atoms with van der Waals surface area (Å²) in [5.41, 5.74) is 4.76. The van der Waals surface area contributed by atoms with E-state index in [4.69, 9.17) is 9.40 Å². The molecule has 2 aliphatic rings. The molecule has 7 heteroatoms. The summed E-state index contributed by atoms with van der Waals surface area (Å²) in [4.78, 5) is 16.2. The Morgan fingerprint density at radius 2 is 1.87 bits per heavy atom. The van der Waals surface area contributed by atoms with Gasteiger partial charge in [-0.05, 0) is 63.3 Å². The number of benzene rings is 1. The average Bonchev–Trinajstić information content (AvgIpc) is 3.27. The van der Waals surface area contributed by atoms with Crippen molar-refractivity contribution in [3.63, 3.8) is 0 Å². The van der Waals surface area contributed by atoms with Crippen molar-refractivity contribution in [2.24, 2.45) is 0 Å². The monoisotopic (exact) mass is 407 g/mol. The molecule has 2 aliphatic heterocycles. The van der Waals surface area contributed by atoms with Crippen LogP contribution in [0.3, 0.4) is 0 Å². The topological polar surface area (TPSA) is 48.6 Å². The molecule has 0 N–H and O–H groups in total. The van der Waals surface area contributed by atoms with Gasteiger partial charge in [0.1, 0.15) is 11.2 Å². The highest BCUT2D eigenvalue weighted by atomic mass is 16.3. The Bertz CT molecular complexity index is 1420. The van der Waals surface area contributed by atoms with Crippen molar-refractivity contribution in [3.8, 4) is 0 Å². The van der Waals surface area contributed by atoms with Gasteiger partial charge in [-0.25, -0.2) is 9.97 Å². The maximum atomic E-state index is 6.16. The molecule has 0 bridgehead atoms. The molecular formula is C24H22BN5O. The second-order valence-corrected chi connectivity index (χ2v) is 8.15. The SMILES string of the molecule is Cc1ccc2c3c(oc2n1)=CB(N1c2ncccc2N(c2ccccc2)[C@@H]1C)N(C)C=3. The second kappa shape index (κ2) is 6.64. The Morgan fingerprint density at radius 1 is 1.03 bits per heavy atom. The first-order chi connectivity index (χ1) is 15.1. The number of aryl methyl sites for hydroxylation is 1. The molecule has 0 spiro atoms. The van der Waals surface area contributed by atoms with Gasteiger partial charge in [0.25, 0.3) is 0 Å². The van der Waals surface area contributed by atoms with Gasteiger partial charge in [-0.1, -0.05) is 18.2 Å². The van der Waals surface area contributed by atoms with E-state index < -0.39 is 0 Å². The van der Waals surface area contributed by atoms with Crippen LogP contribution < -0.4 is 20.3 Å². The average molecular weight is 407 g/mol. The van der Waals surface area contributed by atoms with Crippen LogP contribution in [-0.2, 0) is 0 Å². The van der Waals surface area contributed by atoms with Crippen molar-refractivity contribution in [3.05, 3.63) is 77.1 Å². The minimum absolute atomic E-state index is 0.0356. The third-order valence-electron chi connectivity index (χ3n) is 6.18. The normalized spacial score (nSPS) is 17.5. The van der Waals surface area contributed by atoms with Gasteiger partial charge in [0, 0.05) is 34.4 Å². The molecule has 1 aromatic carbocycles. The van der Waals surface area contributed by atoms with E-state index in [1.165, 1.54) is 0 Å². The van der Waals surface area contributed by atoms with E-state index in [1.54, 1.807) is 0 Å². The molecule has 6 nitrogen and oxygen atoms in total. The van der Waals surface area contributed by atoms with Crippen LogP contribution in [0, 0.1) is 6.92 Å². The van der Waals surface area contributed by atoms with Crippen molar-refractivity contribution in [2.45, 2.75) is 20.0 Å². The van der Waals surface area contributed by atoms with Gasteiger partial charge in [-0.3, -0.25) is 0 Å². The highest BCUT2D eigenvalue weighted by Crippen LogP contribution is 2.43. The summed E-state index contributed by atoms with van der Waals surface area (Å²) in [5, 5.41) is 2.12. The first-order valence-corrected chi connectivity index (χ1v) is 10.5. The fraction of sp³-hybridized carbons (Fsp3) is 0.167. The van der Waals surface area contributed by atoms with Gasteiger partial charge in [-0.2, -0.15) is 0 Å². The lowest BCUT2D eigenvalue weighted by Crippen LogP contribution is -2.56. The van der Waals surface area contributed by atoms with Crippen molar-refractivity contribution < 1.29 is 4.42 Å². The number of hydrogen-bond acceptors (Lipinski definition) is 6. The van der Waals surface area contributed by atoms with Crippen LogP contribution in [0.25, 0.3) is 23.3 Å². The number of fused-ring (bicyclic) bond motifs is 4. The molecule has 31 heavy (non-hydrogen) atoms. The molecule has 6 rings (SSSR count). The number of nitrogens with zero attached hydrogens (tertiary/aromatic N) is 5. The molecular weight excluding hydrogens is 385 g/mol. The van der Waals surface area contributed by atoms with Gasteiger partial charge >= 0.3 is 6.98 Å². The molecule has 5 heterocycles. The third kappa shape index (κ3) is 2.66. The number of hydrogen-bond donors (Lipinski definition) is 0. The Balaban J connectivity index is 1.50. The van der Waals surface area contributed by atoms with E-state index in [0.717, 1.165) is 38.9 Å². The van der Waals surface area contributed by atoms with Gasteiger partial charge in [0.05, 0.1) is 11.9 Å². The summed E-state index contributed by atoms with van der Waals surface area (Å²) >= 11 is 0. The lowest BCUT2D eigenvalue weighted by molar-refractivity contribution is 0.560. The maximum Gasteiger partial charge on any atom is 0.409 e. The van der Waals surface area contributed by atoms with Crippen molar-refractivity contribution >= 4 is 47.5 Å². The largest absolute Gasteiger partial charge is 0.439 e. The molecule has 4 aromatic rings. The molecule has 0 fully saturated rings. The van der Waals surface area contributed by atoms with Crippen LogP contribution >= 0.6 is 0 Å². The van der Waals surface area contributed by atoms with Gasteiger partial charge < -0.3 is 18.9 Å². The number of anilines is 3. The van der Waals surface area contributed by atoms with E-state index in [2.05, 4.69) is 82.1 Å². The maximum absolute atomic E-state index is 6.16. The molecule has 0 aliphatic carbocycles. The molecule has 152 valence electrons. The summed E-state index contributed by atoms with van der Waals surface area (Å²) in [5.74, 6) is 3.14. The van der Waals surface area contributed by atoms with E-state index in [1.807, 2.05) is 31.3 Å². The molecule has 0 saturated heterocycles. The first kappa shape index (κ1) is 18.1. The summed E-state index contributed by atoms with van der Waals surface area (Å²) in [6, 6.07) is 18.7. The molecule has 3 aromatic heterocycles. The molecule has 1 atom stereocenters. The fourth-order valence-electron chi connectivity index (χ4n) is 4.74. The predicted octanol–water partition coefficient (Wildman–Crippen LogP) is 3.03. The first-order valence-electron chi connectivity index (χ1n) is 10.5. The summed E-state index contributed by atoms with van der Waals surface area (Å²) < 4.78 is 6.16. The van der Waals surface area contributed by atoms with Gasteiger partial charge in [0.2, 0.25) is 5.71 Å². The van der Waals surface area contributed by atoms with Crippen LogP contribution in [0.2, 0.25) is 0 Å². The van der Waals surface area contributed by atoms with Crippen molar-refractivity contribution in [2.75, 3.05) is 16.8 Å². The lowest BCUT2D eigenvalue weighted by Gasteiger charge is -2.36. The Kier molecular flexibility index (Phi) is 3.87. The zero-order valence-electron chi connectivity index (χ0n) is 17.7. The zero-order valence-corrected chi connectivity index (χ0v) is 17.7. The highest BCUT2D eigenvalue weighted by molar-refractivity contribution is 6.75. The number of rotatable bonds is 2. The van der Waals surface area contributed by atoms with Gasteiger partial charge in [-0.15, -0.1) is 0 Å². The van der Waals surface area contributed by atoms with E-state index >= 15 is 0 Å². The summed E-state index contributed by atoms with van der Waals surface area (Å²) in [7, 11) is 2.10. The standard InChI is InChI=1S/C24H22BN5O/c1-16-11-12-19-20-15-28(3)25(14-22(20)31-24(19)27-16)30-17(2)29(18-8-5-4-6-9-18)21-10-7-13-26-23(21)30/h4-15,17H,1-3H3/t17-/m0/s1. The van der Waals surface area contributed by atoms with Crippen molar-refractivity contribution in [1.82, 2.24) is 14.8 Å². The summed E-state index contributed by atoms with van der Waals surface area (Å²) in [6.45, 7) is 4.16. The van der Waals surface area contributed by atoms with E-state index in [9.17, 15) is 0 Å². The number of para-hydroxylation sites is 1. The second-order valence-electron chi connectivity index (χ2n) is 8.15. The third-order valence-corrected chi connectivity index (χ3v) is 6.18. The Hall–Kier alpha value is -3.74. The van der Waals surface area contributed by atoms with Crippen LogP contribution in [0.4, 0.5) is 17.2 Å². The number of aromatic nitrogens is 2. The fourth-order valence-corrected chi connectivity index (χ4v) is 4.74. The molecule has 0 radical (unpaired) electrons. The van der Waals surface area contributed by atoms with Crippen LogP contribution in [0.15, 0.2) is 65.2 Å². The van der Waals surface area contributed by atoms with Crippen molar-refractivity contribution in [1.29, 1.82) is 0 Å². The lowest BCUT2D eigenvalue weighted by atomic mass is 9.70. The smallest absolute Gasteiger partial charge is 0.409 e. The summed E-state index contributed by atoms with van der Waals surface area (Å²) in [6.07, 6.45) is 4.10. The Labute approximate surface area is 180 Å². The van der Waals surface area contributed by atoms with E-state index in [-0.39, 0.29) is 13.1 Å². The van der Waals surface area contributed by atoms with E-state index in [0.29, 0.717) is 5.71 Å². The molecule has 0 unspecified atom stereocenters. The highest BCUT2D eigenvalue weighted by Gasteiger charge is 2.42. The minimum Gasteiger partial charge on any atom is -0.439 e. The van der Waals surface area contributed by atoms with Crippen LogP contribution in [0.1, 0.15) is 12.6 Å². The number of pyridine rings is 2. The molecule has 0 saturated carbocycles. The number of furan rings is 1. The van der Waals surface area contributed by atoms with Crippen LogP contribution in [0.5, 0.6) is 0 Å². The molecule has 0 amide bonds. The Morgan fingerprint density at radius 3 is 2.71 bits per heavy atom. The van der Waals surface area contributed by atoms with Gasteiger partial charge in [0.15, 0.2) is 0 Å². The minimum atomic E-state index is -0.0356. The van der Waals surface area contributed by atoms with Crippen LogP contribution in [-0.4, -0.2) is 35.0 Å². The predicted molar refractivity (Wildman–Crippen MR) is 125 cm³/mol.